The van der Waals surface area contributed by atoms with Crippen molar-refractivity contribution in [3.05, 3.63) is 46.6 Å². The lowest BCUT2D eigenvalue weighted by Crippen LogP contribution is -2.30. The summed E-state index contributed by atoms with van der Waals surface area (Å²) in [5.74, 6) is -1.59. The van der Waals surface area contributed by atoms with Gasteiger partial charge in [-0.25, -0.2) is 9.48 Å². The van der Waals surface area contributed by atoms with Crippen LogP contribution in [0.4, 0.5) is 19.0 Å². The summed E-state index contributed by atoms with van der Waals surface area (Å²) in [6.45, 7) is 4.83. The lowest BCUT2D eigenvalue weighted by Gasteiger charge is -2.23. The molecule has 0 saturated carbocycles. The van der Waals surface area contributed by atoms with E-state index >= 15 is 0 Å². The number of carbonyl (C=O) groups excluding carboxylic acids is 1. The Labute approximate surface area is 176 Å². The highest BCUT2D eigenvalue weighted by Crippen LogP contribution is 2.20. The van der Waals surface area contributed by atoms with Gasteiger partial charge in [-0.15, -0.1) is 0 Å². The number of amides is 1. The molecule has 3 N–H and O–H groups in total. The Morgan fingerprint density at radius 2 is 1.93 bits per heavy atom. The topological polar surface area (TPSA) is 96.3 Å². The standard InChI is InChI=1S/C17H21ClN4O.C2HF3O2/c1-12-2-3-14(18)10-15(12)17(23)21-16-6-9-20-22(16)11-13-4-7-19-8-5-13;3-2(4,5)1(6)7/h2-3,6,9-10,13,19H,4-5,7-8,11H2,1H3,(H,21,23);(H,6,7). The van der Waals surface area contributed by atoms with E-state index in [9.17, 15) is 18.0 Å². The minimum Gasteiger partial charge on any atom is -0.475 e. The zero-order valence-corrected chi connectivity index (χ0v) is 16.9. The molecule has 1 saturated heterocycles. The summed E-state index contributed by atoms with van der Waals surface area (Å²) in [5.41, 5.74) is 1.49. The summed E-state index contributed by atoms with van der Waals surface area (Å²) in [7, 11) is 0. The van der Waals surface area contributed by atoms with Gasteiger partial charge in [-0.2, -0.15) is 18.3 Å². The molecule has 0 aliphatic carbocycles. The molecule has 1 aliphatic rings. The SMILES string of the molecule is Cc1ccc(Cl)cc1C(=O)Nc1ccnn1CC1CCNCC1.O=C(O)C(F)(F)F. The fourth-order valence-corrected chi connectivity index (χ4v) is 3.09. The van der Waals surface area contributed by atoms with Crippen LogP contribution in [0.25, 0.3) is 0 Å². The van der Waals surface area contributed by atoms with Gasteiger partial charge < -0.3 is 15.7 Å². The van der Waals surface area contributed by atoms with Crippen LogP contribution in [0, 0.1) is 12.8 Å². The fraction of sp³-hybridized carbons (Fsp3) is 0.421. The number of benzene rings is 1. The van der Waals surface area contributed by atoms with Crippen molar-refractivity contribution in [2.75, 3.05) is 18.4 Å². The molecule has 11 heteroatoms. The number of rotatable bonds is 4. The van der Waals surface area contributed by atoms with Gasteiger partial charge in [0, 0.05) is 23.2 Å². The number of alkyl halides is 3. The van der Waals surface area contributed by atoms with Gasteiger partial charge in [0.2, 0.25) is 0 Å². The van der Waals surface area contributed by atoms with Crippen LogP contribution in [-0.2, 0) is 11.3 Å². The molecule has 1 aromatic heterocycles. The molecule has 1 aromatic carbocycles. The molecule has 0 spiro atoms. The number of hydrogen-bond donors (Lipinski definition) is 3. The Kier molecular flexibility index (Phi) is 8.24. The van der Waals surface area contributed by atoms with Gasteiger partial charge in [0.1, 0.15) is 5.82 Å². The summed E-state index contributed by atoms with van der Waals surface area (Å²) in [6.07, 6.45) is -1.08. The van der Waals surface area contributed by atoms with Crippen LogP contribution in [0.5, 0.6) is 0 Å². The second kappa shape index (κ2) is 10.4. The monoisotopic (exact) mass is 446 g/mol. The van der Waals surface area contributed by atoms with Gasteiger partial charge in [-0.05, 0) is 56.5 Å². The summed E-state index contributed by atoms with van der Waals surface area (Å²) < 4.78 is 33.6. The maximum Gasteiger partial charge on any atom is 0.490 e. The molecule has 0 radical (unpaired) electrons. The van der Waals surface area contributed by atoms with E-state index < -0.39 is 12.1 Å². The molecule has 2 aromatic rings. The second-order valence-corrected chi connectivity index (χ2v) is 7.24. The summed E-state index contributed by atoms with van der Waals surface area (Å²) in [5, 5.41) is 18.4. The van der Waals surface area contributed by atoms with Crippen molar-refractivity contribution in [1.82, 2.24) is 15.1 Å². The minimum atomic E-state index is -5.08. The molecule has 1 amide bonds. The molecule has 7 nitrogen and oxygen atoms in total. The molecule has 0 atom stereocenters. The van der Waals surface area contributed by atoms with E-state index in [0.717, 1.165) is 43.9 Å². The van der Waals surface area contributed by atoms with Crippen molar-refractivity contribution in [3.63, 3.8) is 0 Å². The second-order valence-electron chi connectivity index (χ2n) is 6.81. The highest BCUT2D eigenvalue weighted by molar-refractivity contribution is 6.31. The van der Waals surface area contributed by atoms with Crippen LogP contribution < -0.4 is 10.6 Å². The van der Waals surface area contributed by atoms with Crippen molar-refractivity contribution in [1.29, 1.82) is 0 Å². The molecule has 1 aliphatic heterocycles. The molecule has 164 valence electrons. The molecule has 3 rings (SSSR count). The third kappa shape index (κ3) is 7.03. The van der Waals surface area contributed by atoms with Crippen LogP contribution in [0.1, 0.15) is 28.8 Å². The smallest absolute Gasteiger partial charge is 0.475 e. The first-order valence-electron chi connectivity index (χ1n) is 9.18. The summed E-state index contributed by atoms with van der Waals surface area (Å²) >= 11 is 6.00. The fourth-order valence-electron chi connectivity index (χ4n) is 2.92. The number of anilines is 1. The number of aryl methyl sites for hydroxylation is 1. The Morgan fingerprint density at radius 1 is 1.30 bits per heavy atom. The molecule has 0 unspecified atom stereocenters. The lowest BCUT2D eigenvalue weighted by molar-refractivity contribution is -0.192. The van der Waals surface area contributed by atoms with Crippen LogP contribution in [0.3, 0.4) is 0 Å². The van der Waals surface area contributed by atoms with E-state index in [2.05, 4.69) is 15.7 Å². The number of halogens is 4. The van der Waals surface area contributed by atoms with Gasteiger partial charge in [-0.1, -0.05) is 17.7 Å². The van der Waals surface area contributed by atoms with Gasteiger partial charge >= 0.3 is 12.1 Å². The van der Waals surface area contributed by atoms with Crippen molar-refractivity contribution in [3.8, 4) is 0 Å². The molecular weight excluding hydrogens is 425 g/mol. The third-order valence-corrected chi connectivity index (χ3v) is 4.77. The number of aromatic nitrogens is 2. The van der Waals surface area contributed by atoms with Crippen molar-refractivity contribution < 1.29 is 27.9 Å². The Balaban J connectivity index is 0.000000396. The molecule has 0 bridgehead atoms. The van der Waals surface area contributed by atoms with Crippen molar-refractivity contribution in [2.45, 2.75) is 32.5 Å². The summed E-state index contributed by atoms with van der Waals surface area (Å²) in [6, 6.07) is 7.16. The Hall–Kier alpha value is -2.59. The number of nitrogens with one attached hydrogen (secondary N) is 2. The first kappa shape index (κ1) is 23.7. The number of carboxylic acids is 1. The predicted molar refractivity (Wildman–Crippen MR) is 106 cm³/mol. The zero-order chi connectivity index (χ0) is 22.3. The van der Waals surface area contributed by atoms with E-state index in [1.165, 1.54) is 0 Å². The maximum absolute atomic E-state index is 12.5. The minimum absolute atomic E-state index is 0.155. The predicted octanol–water partition coefficient (Wildman–Crippen LogP) is 3.73. The number of piperidine rings is 1. The van der Waals surface area contributed by atoms with Gasteiger partial charge in [0.15, 0.2) is 0 Å². The molecular formula is C19H22ClF3N4O3. The van der Waals surface area contributed by atoms with E-state index in [1.54, 1.807) is 18.3 Å². The highest BCUT2D eigenvalue weighted by Gasteiger charge is 2.38. The van der Waals surface area contributed by atoms with Gasteiger partial charge in [-0.3, -0.25) is 4.79 Å². The molecule has 30 heavy (non-hydrogen) atoms. The van der Waals surface area contributed by atoms with Gasteiger partial charge in [0.05, 0.1) is 6.20 Å². The Morgan fingerprint density at radius 3 is 2.53 bits per heavy atom. The summed E-state index contributed by atoms with van der Waals surface area (Å²) in [4.78, 5) is 21.4. The van der Waals surface area contributed by atoms with Crippen LogP contribution in [0.2, 0.25) is 5.02 Å². The normalized spacial score (nSPS) is 14.6. The maximum atomic E-state index is 12.5. The largest absolute Gasteiger partial charge is 0.490 e. The quantitative estimate of drug-likeness (QED) is 0.665. The first-order valence-corrected chi connectivity index (χ1v) is 9.56. The van der Waals surface area contributed by atoms with Crippen LogP contribution >= 0.6 is 11.6 Å². The van der Waals surface area contributed by atoms with E-state index in [-0.39, 0.29) is 5.91 Å². The van der Waals surface area contributed by atoms with E-state index in [1.807, 2.05) is 23.7 Å². The highest BCUT2D eigenvalue weighted by atomic mass is 35.5. The average Bonchev–Trinajstić information content (AvgIpc) is 3.10. The van der Waals surface area contributed by atoms with Gasteiger partial charge in [0.25, 0.3) is 5.91 Å². The third-order valence-electron chi connectivity index (χ3n) is 4.53. The van der Waals surface area contributed by atoms with E-state index in [0.29, 0.717) is 16.5 Å². The number of nitrogens with zero attached hydrogens (tertiary/aromatic N) is 2. The number of carbonyl (C=O) groups is 2. The van der Waals surface area contributed by atoms with Crippen molar-refractivity contribution in [2.24, 2.45) is 5.92 Å². The first-order chi connectivity index (χ1) is 14.1. The number of aliphatic carboxylic acids is 1. The number of hydrogen-bond acceptors (Lipinski definition) is 4. The number of carboxylic acid groups (broad SMARTS) is 1. The Bertz CT molecular complexity index is 880. The van der Waals surface area contributed by atoms with Crippen LogP contribution in [0.15, 0.2) is 30.5 Å². The zero-order valence-electron chi connectivity index (χ0n) is 16.2. The van der Waals surface area contributed by atoms with Crippen LogP contribution in [-0.4, -0.2) is 46.0 Å². The average molecular weight is 447 g/mol. The molecule has 1 fully saturated rings. The lowest BCUT2D eigenvalue weighted by atomic mass is 9.98. The molecule has 2 heterocycles. The van der Waals surface area contributed by atoms with E-state index in [4.69, 9.17) is 21.5 Å². The van der Waals surface area contributed by atoms with Crippen molar-refractivity contribution >= 4 is 29.3 Å².